The van der Waals surface area contributed by atoms with Crippen LogP contribution < -0.4 is 10.5 Å². The molecule has 0 fully saturated rings. The van der Waals surface area contributed by atoms with Gasteiger partial charge >= 0.3 is 0 Å². The number of methoxy groups -OCH3 is 2. The first kappa shape index (κ1) is 16.1. The van der Waals surface area contributed by atoms with Crippen molar-refractivity contribution < 1.29 is 14.3 Å². The van der Waals surface area contributed by atoms with Gasteiger partial charge in [0.1, 0.15) is 5.75 Å². The van der Waals surface area contributed by atoms with Crippen molar-refractivity contribution in [1.29, 1.82) is 0 Å². The van der Waals surface area contributed by atoms with E-state index >= 15 is 0 Å². The number of hydrogen-bond acceptors (Lipinski definition) is 3. The molecule has 1 heterocycles. The summed E-state index contributed by atoms with van der Waals surface area (Å²) in [5.41, 5.74) is 8.92. The van der Waals surface area contributed by atoms with Gasteiger partial charge in [-0.3, -0.25) is 4.79 Å². The highest BCUT2D eigenvalue weighted by molar-refractivity contribution is 5.95. The zero-order valence-electron chi connectivity index (χ0n) is 13.3. The first-order valence-corrected chi connectivity index (χ1v) is 7.21. The van der Waals surface area contributed by atoms with Gasteiger partial charge in [0.05, 0.1) is 12.7 Å². The maximum atomic E-state index is 11.6. The molecule has 1 aromatic heterocycles. The van der Waals surface area contributed by atoms with Crippen LogP contribution in [0.1, 0.15) is 22.5 Å². The van der Waals surface area contributed by atoms with Gasteiger partial charge < -0.3 is 19.8 Å². The summed E-state index contributed by atoms with van der Waals surface area (Å²) in [6, 6.07) is 9.62. The number of rotatable bonds is 7. The molecule has 0 atom stereocenters. The lowest BCUT2D eigenvalue weighted by Crippen LogP contribution is -2.13. The van der Waals surface area contributed by atoms with Crippen LogP contribution in [0.2, 0.25) is 0 Å². The largest absolute Gasteiger partial charge is 0.497 e. The van der Waals surface area contributed by atoms with E-state index in [4.69, 9.17) is 15.2 Å². The second kappa shape index (κ2) is 7.13. The van der Waals surface area contributed by atoms with E-state index in [1.165, 1.54) is 0 Å². The number of carbonyl (C=O) groups is 1. The highest BCUT2D eigenvalue weighted by Gasteiger charge is 2.16. The smallest absolute Gasteiger partial charge is 0.250 e. The molecule has 0 radical (unpaired) electrons. The van der Waals surface area contributed by atoms with E-state index in [-0.39, 0.29) is 0 Å². The van der Waals surface area contributed by atoms with Crippen molar-refractivity contribution in [3.05, 3.63) is 41.6 Å². The van der Waals surface area contributed by atoms with Gasteiger partial charge in [-0.15, -0.1) is 0 Å². The van der Waals surface area contributed by atoms with Crippen LogP contribution in [-0.2, 0) is 11.3 Å². The number of nitrogens with two attached hydrogens (primary N) is 1. The Morgan fingerprint density at radius 2 is 1.91 bits per heavy atom. The van der Waals surface area contributed by atoms with E-state index in [0.717, 1.165) is 35.7 Å². The van der Waals surface area contributed by atoms with Crippen molar-refractivity contribution in [2.24, 2.45) is 5.73 Å². The topological polar surface area (TPSA) is 66.5 Å². The standard InChI is InChI=1S/C17H22N2O3/c1-12-15(17(18)20)11-16(19(12)9-4-10-21-2)13-5-7-14(22-3)8-6-13/h5-8,11H,4,9-10H2,1-3H3,(H2,18,20). The van der Waals surface area contributed by atoms with Crippen LogP contribution in [0, 0.1) is 6.92 Å². The number of carbonyl (C=O) groups excluding carboxylic acids is 1. The summed E-state index contributed by atoms with van der Waals surface area (Å²) in [4.78, 5) is 11.6. The monoisotopic (exact) mass is 302 g/mol. The molecular weight excluding hydrogens is 280 g/mol. The fraction of sp³-hybridized carbons (Fsp3) is 0.353. The van der Waals surface area contributed by atoms with Crippen LogP contribution in [0.4, 0.5) is 0 Å². The predicted octanol–water partition coefficient (Wildman–Crippen LogP) is 2.61. The van der Waals surface area contributed by atoms with Crippen LogP contribution in [0.25, 0.3) is 11.3 Å². The Hall–Kier alpha value is -2.27. The molecule has 2 rings (SSSR count). The number of ether oxygens (including phenoxy) is 2. The van der Waals surface area contributed by atoms with Crippen LogP contribution in [0.15, 0.2) is 30.3 Å². The molecular formula is C17H22N2O3. The first-order valence-electron chi connectivity index (χ1n) is 7.21. The van der Waals surface area contributed by atoms with Crippen molar-refractivity contribution >= 4 is 5.91 Å². The lowest BCUT2D eigenvalue weighted by Gasteiger charge is -2.12. The van der Waals surface area contributed by atoms with Gasteiger partial charge in [0, 0.05) is 31.6 Å². The molecule has 0 unspecified atom stereocenters. The van der Waals surface area contributed by atoms with Crippen molar-refractivity contribution in [1.82, 2.24) is 4.57 Å². The van der Waals surface area contributed by atoms with Crippen LogP contribution in [0.5, 0.6) is 5.75 Å². The van der Waals surface area contributed by atoms with Crippen molar-refractivity contribution in [3.63, 3.8) is 0 Å². The number of benzene rings is 1. The molecule has 2 N–H and O–H groups in total. The number of nitrogens with zero attached hydrogens (tertiary/aromatic N) is 1. The lowest BCUT2D eigenvalue weighted by atomic mass is 10.1. The molecule has 1 amide bonds. The highest BCUT2D eigenvalue weighted by atomic mass is 16.5. The molecule has 118 valence electrons. The maximum absolute atomic E-state index is 11.6. The Balaban J connectivity index is 2.42. The quantitative estimate of drug-likeness (QED) is 0.799. The molecule has 0 aliphatic carbocycles. The molecule has 0 saturated heterocycles. The van der Waals surface area contributed by atoms with Crippen LogP contribution in [-0.4, -0.2) is 31.3 Å². The van der Waals surface area contributed by atoms with E-state index in [0.29, 0.717) is 12.2 Å². The fourth-order valence-corrected chi connectivity index (χ4v) is 2.55. The summed E-state index contributed by atoms with van der Waals surface area (Å²) in [5.74, 6) is 0.394. The molecule has 5 nitrogen and oxygen atoms in total. The van der Waals surface area contributed by atoms with Crippen molar-refractivity contribution in [2.75, 3.05) is 20.8 Å². The first-order chi connectivity index (χ1) is 10.6. The van der Waals surface area contributed by atoms with Gasteiger partial charge in [-0.2, -0.15) is 0 Å². The third-order valence-electron chi connectivity index (χ3n) is 3.75. The van der Waals surface area contributed by atoms with Crippen molar-refractivity contribution in [3.8, 4) is 17.0 Å². The third-order valence-corrected chi connectivity index (χ3v) is 3.75. The van der Waals surface area contributed by atoms with E-state index in [1.807, 2.05) is 37.3 Å². The van der Waals surface area contributed by atoms with Gasteiger partial charge in [0.2, 0.25) is 0 Å². The number of hydrogen-bond donors (Lipinski definition) is 1. The Bertz CT molecular complexity index is 645. The maximum Gasteiger partial charge on any atom is 0.250 e. The Labute approximate surface area is 130 Å². The predicted molar refractivity (Wildman–Crippen MR) is 86.2 cm³/mol. The molecule has 0 bridgehead atoms. The van der Waals surface area contributed by atoms with Crippen LogP contribution >= 0.6 is 0 Å². The molecule has 2 aromatic rings. The summed E-state index contributed by atoms with van der Waals surface area (Å²) in [5, 5.41) is 0. The molecule has 22 heavy (non-hydrogen) atoms. The van der Waals surface area contributed by atoms with Gasteiger partial charge in [-0.05, 0) is 49.2 Å². The minimum absolute atomic E-state index is 0.405. The van der Waals surface area contributed by atoms with E-state index < -0.39 is 5.91 Å². The summed E-state index contributed by atoms with van der Waals surface area (Å²) < 4.78 is 12.4. The number of primary amides is 1. The average Bonchev–Trinajstić information content (AvgIpc) is 2.85. The summed E-state index contributed by atoms with van der Waals surface area (Å²) >= 11 is 0. The SMILES string of the molecule is COCCCn1c(-c2ccc(OC)cc2)cc(C(N)=O)c1C. The molecule has 0 spiro atoms. The minimum Gasteiger partial charge on any atom is -0.497 e. The second-order valence-electron chi connectivity index (χ2n) is 5.12. The van der Waals surface area contributed by atoms with Gasteiger partial charge in [0.15, 0.2) is 0 Å². The molecule has 0 saturated carbocycles. The molecule has 5 heteroatoms. The number of amides is 1. The Morgan fingerprint density at radius 1 is 1.23 bits per heavy atom. The summed E-state index contributed by atoms with van der Waals surface area (Å²) in [6.07, 6.45) is 0.868. The summed E-state index contributed by atoms with van der Waals surface area (Å²) in [7, 11) is 3.32. The van der Waals surface area contributed by atoms with E-state index in [9.17, 15) is 4.79 Å². The van der Waals surface area contributed by atoms with E-state index in [2.05, 4.69) is 4.57 Å². The zero-order chi connectivity index (χ0) is 16.1. The summed E-state index contributed by atoms with van der Waals surface area (Å²) in [6.45, 7) is 3.36. The van der Waals surface area contributed by atoms with E-state index in [1.54, 1.807) is 14.2 Å². The van der Waals surface area contributed by atoms with Gasteiger partial charge in [-0.1, -0.05) is 0 Å². The minimum atomic E-state index is -0.405. The average molecular weight is 302 g/mol. The fourth-order valence-electron chi connectivity index (χ4n) is 2.55. The third kappa shape index (κ3) is 3.31. The lowest BCUT2D eigenvalue weighted by molar-refractivity contribution is 0.0999. The molecule has 0 aliphatic heterocycles. The zero-order valence-corrected chi connectivity index (χ0v) is 13.3. The van der Waals surface area contributed by atoms with Gasteiger partial charge in [0.25, 0.3) is 5.91 Å². The molecule has 1 aromatic carbocycles. The normalized spacial score (nSPS) is 10.7. The second-order valence-corrected chi connectivity index (χ2v) is 5.12. The highest BCUT2D eigenvalue weighted by Crippen LogP contribution is 2.27. The molecule has 0 aliphatic rings. The van der Waals surface area contributed by atoms with Crippen LogP contribution in [0.3, 0.4) is 0 Å². The van der Waals surface area contributed by atoms with Gasteiger partial charge in [-0.25, -0.2) is 0 Å². The van der Waals surface area contributed by atoms with Crippen molar-refractivity contribution in [2.45, 2.75) is 19.9 Å². The Morgan fingerprint density at radius 3 is 2.45 bits per heavy atom. The Kier molecular flexibility index (Phi) is 5.22. The number of aromatic nitrogens is 1.